The van der Waals surface area contributed by atoms with E-state index < -0.39 is 0 Å². The van der Waals surface area contributed by atoms with E-state index in [1.165, 1.54) is 178 Å². The Labute approximate surface area is 767 Å². The van der Waals surface area contributed by atoms with Crippen molar-refractivity contribution in [3.63, 3.8) is 0 Å². The van der Waals surface area contributed by atoms with Crippen LogP contribution in [0.3, 0.4) is 0 Å². The molecule has 4 fully saturated rings. The van der Waals surface area contributed by atoms with Crippen LogP contribution in [0.25, 0.3) is 0 Å². The molecule has 22 heteroatoms. The van der Waals surface area contributed by atoms with Crippen molar-refractivity contribution in [3.05, 3.63) is 236 Å². The molecule has 8 aliphatic heterocycles. The van der Waals surface area contributed by atoms with E-state index >= 15 is 0 Å². The topological polar surface area (TPSA) is 139 Å². The highest BCUT2D eigenvalue weighted by atomic mass is 16.5. The first-order chi connectivity index (χ1) is 62.5. The molecule has 10 atom stereocenters. The van der Waals surface area contributed by atoms with E-state index in [1.807, 2.05) is 39.0 Å². The molecule has 22 nitrogen and oxygen atoms in total. The number of likely N-dealkylation sites (N-methyl/N-ethyl adjacent to an activating group) is 10. The summed E-state index contributed by atoms with van der Waals surface area (Å²) in [5.41, 5.74) is 29.0. The Balaban J connectivity index is 0.000000120. The Morgan fingerprint density at radius 2 is 0.617 bits per heavy atom. The summed E-state index contributed by atoms with van der Waals surface area (Å²) in [6, 6.07) is 49.7. The predicted molar refractivity (Wildman–Crippen MR) is 523 cm³/mol. The van der Waals surface area contributed by atoms with E-state index in [0.717, 1.165) is 183 Å². The number of aryl methyl sites for hydroxylation is 4. The van der Waals surface area contributed by atoms with Crippen LogP contribution < -0.4 is 30.2 Å². The van der Waals surface area contributed by atoms with Gasteiger partial charge in [0.15, 0.2) is 0 Å². The maximum absolute atomic E-state index is 5.50. The Morgan fingerprint density at radius 1 is 0.320 bits per heavy atom. The molecule has 0 amide bonds. The molecule has 8 aromatic rings. The number of fused-ring (bicyclic) bond motifs is 8. The molecule has 688 valence electrons. The molecule has 0 radical (unpaired) electrons. The normalized spacial score (nSPS) is 25.3. The first-order valence-electron chi connectivity index (χ1n) is 49.1. The Morgan fingerprint density at radius 3 is 0.953 bits per heavy atom. The summed E-state index contributed by atoms with van der Waals surface area (Å²) in [6.45, 7) is 25.4. The minimum Gasteiger partial charge on any atom is -0.383 e. The average Bonchev–Trinajstić information content (AvgIpc) is 0.780. The lowest BCUT2D eigenvalue weighted by molar-refractivity contribution is 0.0986. The number of nitrogens with zero attached hydrogens (tertiary/aromatic N) is 18. The van der Waals surface area contributed by atoms with Crippen LogP contribution in [-0.4, -0.2) is 321 Å². The van der Waals surface area contributed by atoms with Gasteiger partial charge in [0.05, 0.1) is 72.2 Å². The number of hydrogen-bond acceptors (Lipinski definition) is 22. The zero-order valence-corrected chi connectivity index (χ0v) is 79.8. The molecule has 0 bridgehead atoms. The van der Waals surface area contributed by atoms with Crippen molar-refractivity contribution in [1.82, 2.24) is 79.6 Å². The molecule has 0 saturated carbocycles. The third kappa shape index (κ3) is 21.6. The summed E-state index contributed by atoms with van der Waals surface area (Å²) in [7, 11) is 26.3. The number of ether oxygens (including phenoxy) is 2. The fraction of sp³-hybridized carbons (Fsp3) is 0.585. The monoisotopic (exact) mass is 1740 g/mol. The van der Waals surface area contributed by atoms with Gasteiger partial charge in [0.1, 0.15) is 0 Å². The number of rotatable bonds is 20. The van der Waals surface area contributed by atoms with Gasteiger partial charge in [-0.3, -0.25) is 59.1 Å². The molecule has 4 aromatic heterocycles. The van der Waals surface area contributed by atoms with E-state index in [-0.39, 0.29) is 0 Å². The fourth-order valence-corrected chi connectivity index (χ4v) is 23.7. The van der Waals surface area contributed by atoms with Crippen molar-refractivity contribution in [2.75, 3.05) is 235 Å². The smallest absolute Gasteiger partial charge is 0.0635 e. The Bertz CT molecular complexity index is 4620. The number of methoxy groups -OCH3 is 2. The highest BCUT2D eigenvalue weighted by molar-refractivity contribution is 5.62. The summed E-state index contributed by atoms with van der Waals surface area (Å²) in [4.78, 5) is 54.7. The van der Waals surface area contributed by atoms with Crippen LogP contribution in [0.4, 0.5) is 22.7 Å². The van der Waals surface area contributed by atoms with Gasteiger partial charge in [0, 0.05) is 230 Å². The van der Waals surface area contributed by atoms with Gasteiger partial charge in [-0.25, -0.2) is 0 Å². The lowest BCUT2D eigenvalue weighted by Gasteiger charge is -2.42. The summed E-state index contributed by atoms with van der Waals surface area (Å²) >= 11 is 0. The maximum Gasteiger partial charge on any atom is 0.0635 e. The van der Waals surface area contributed by atoms with Crippen molar-refractivity contribution >= 4 is 22.7 Å². The molecule has 128 heavy (non-hydrogen) atoms. The van der Waals surface area contributed by atoms with E-state index in [4.69, 9.17) is 29.4 Å². The standard InChI is InChI=1S/2C27H39N5O.2C26H37N5/c2*1-30-13-14-32(18-23(30)19-33-3)25-10-5-8-21-16-29-22(15-24(21)25)17-31(2)26-11-4-7-20-9-6-12-28-27(20)26;2*1-28-13-15-31(16-14-28)24-10-5-8-21-18-29(2)22(17-23(21)24)19-30(3)25-11-4-7-20-9-6-12-27-26(20)25/h2*5-6,8-10,12,22-23,26,29H,4,7,11,13-19H2,1-3H3;2*5-6,8-10,12,22,25H,4,7,11,13-19H2,1-3H3/t22-,23+,26+;22-,23-,26-;22-,25+;22-,25-/m1010/s1. The van der Waals surface area contributed by atoms with E-state index in [2.05, 4.69) is 271 Å². The first kappa shape index (κ1) is 92.0. The second-order valence-electron chi connectivity index (χ2n) is 40.0. The molecular weight excluding hydrogens is 1590 g/mol. The van der Waals surface area contributed by atoms with Crippen LogP contribution in [0.2, 0.25) is 0 Å². The molecule has 4 aliphatic carbocycles. The van der Waals surface area contributed by atoms with Gasteiger partial charge >= 0.3 is 0 Å². The molecule has 12 heterocycles. The summed E-state index contributed by atoms with van der Waals surface area (Å²) in [6.07, 6.45) is 26.9. The predicted octanol–water partition coefficient (Wildman–Crippen LogP) is 12.1. The number of nitrogens with one attached hydrogen (secondary N) is 2. The van der Waals surface area contributed by atoms with Gasteiger partial charge in [-0.15, -0.1) is 0 Å². The molecule has 4 saturated heterocycles. The van der Waals surface area contributed by atoms with Gasteiger partial charge in [-0.2, -0.15) is 0 Å². The molecule has 4 aromatic carbocycles. The van der Waals surface area contributed by atoms with Crippen LogP contribution in [0, 0.1) is 0 Å². The number of hydrogen-bond donors (Lipinski definition) is 2. The fourth-order valence-electron chi connectivity index (χ4n) is 23.7. The molecule has 20 rings (SSSR count). The average molecular weight is 1740 g/mol. The zero-order chi connectivity index (χ0) is 88.3. The van der Waals surface area contributed by atoms with Crippen LogP contribution in [0.15, 0.2) is 146 Å². The minimum atomic E-state index is 0.431. The van der Waals surface area contributed by atoms with Crippen LogP contribution >= 0.6 is 0 Å². The minimum absolute atomic E-state index is 0.431. The highest BCUT2D eigenvalue weighted by Gasteiger charge is 2.39. The van der Waals surface area contributed by atoms with Gasteiger partial charge in [0.2, 0.25) is 0 Å². The Hall–Kier alpha value is -7.88. The van der Waals surface area contributed by atoms with E-state index in [9.17, 15) is 0 Å². The second kappa shape index (κ2) is 43.2. The van der Waals surface area contributed by atoms with Gasteiger partial charge in [-0.05, 0) is 289 Å². The van der Waals surface area contributed by atoms with E-state index in [1.54, 1.807) is 11.1 Å². The number of benzene rings is 4. The molecule has 0 spiro atoms. The lowest BCUT2D eigenvalue weighted by atomic mass is 9.89. The Kier molecular flexibility index (Phi) is 31.1. The van der Waals surface area contributed by atoms with Crippen molar-refractivity contribution in [2.24, 2.45) is 0 Å². The zero-order valence-electron chi connectivity index (χ0n) is 79.8. The van der Waals surface area contributed by atoms with Crippen molar-refractivity contribution < 1.29 is 9.47 Å². The lowest BCUT2D eigenvalue weighted by Crippen LogP contribution is -2.54. The number of aromatic nitrogens is 4. The third-order valence-corrected chi connectivity index (χ3v) is 31.5. The molecular formula is C106H152N20O2. The SMILES string of the molecule is CN1CCN(c2cccc3c2C[C@@H](CN(C)[C@H]2CCCc4cccnc42)N(C)C3)CC1.CN1CCN(c2cccc3c2C[C@H](CN(C)[C@H]2CCCc4cccnc42)N(C)C3)CC1.COC[C@@H]1CN(c2cccc3c2C[C@@H](CN(C)[C@H]2CCCc4cccnc42)NC3)CCN1C.COC[C@@H]1CN(c2cccc3c2C[C@H](CN(C)[C@H]2CCCc4cccnc42)NC3)CCN1C. The summed E-state index contributed by atoms with van der Waals surface area (Å²) in [5, 5.41) is 7.65. The highest BCUT2D eigenvalue weighted by Crippen LogP contribution is 2.42. The maximum atomic E-state index is 5.50. The second-order valence-corrected chi connectivity index (χ2v) is 40.0. The van der Waals surface area contributed by atoms with Gasteiger partial charge < -0.3 is 49.5 Å². The summed E-state index contributed by atoms with van der Waals surface area (Å²) in [5.74, 6) is 0. The van der Waals surface area contributed by atoms with Crippen LogP contribution in [-0.2, 0) is 87.0 Å². The number of piperazine rings is 4. The van der Waals surface area contributed by atoms with Crippen molar-refractivity contribution in [3.8, 4) is 0 Å². The summed E-state index contributed by atoms with van der Waals surface area (Å²) < 4.78 is 11.0. The van der Waals surface area contributed by atoms with Crippen LogP contribution in [0.5, 0.6) is 0 Å². The molecule has 0 unspecified atom stereocenters. The number of anilines is 4. The first-order valence-corrected chi connectivity index (χ1v) is 49.1. The largest absolute Gasteiger partial charge is 0.383 e. The molecule has 12 aliphatic rings. The number of pyridine rings is 4. The quantitative estimate of drug-likeness (QED) is 0.0747. The molecule has 2 N–H and O–H groups in total. The third-order valence-electron chi connectivity index (χ3n) is 31.5. The van der Waals surface area contributed by atoms with Crippen molar-refractivity contribution in [2.45, 2.75) is 189 Å². The van der Waals surface area contributed by atoms with Gasteiger partial charge in [0.25, 0.3) is 0 Å². The van der Waals surface area contributed by atoms with Gasteiger partial charge in [-0.1, -0.05) is 72.8 Å². The van der Waals surface area contributed by atoms with Crippen molar-refractivity contribution in [1.29, 1.82) is 0 Å². The van der Waals surface area contributed by atoms with Crippen LogP contribution in [0.1, 0.15) is 165 Å². The van der Waals surface area contributed by atoms with E-state index in [0.29, 0.717) is 60.4 Å².